The second-order valence-corrected chi connectivity index (χ2v) is 16.2. The number of benzene rings is 3. The molecule has 0 atom stereocenters. The summed E-state index contributed by atoms with van der Waals surface area (Å²) >= 11 is 0. The fraction of sp³-hybridized carbons (Fsp3) is 0.394. The maximum atomic E-state index is 13.1. The highest BCUT2D eigenvalue weighted by atomic mass is 32.2. The van der Waals surface area contributed by atoms with Crippen molar-refractivity contribution in [3.8, 4) is 17.2 Å². The summed E-state index contributed by atoms with van der Waals surface area (Å²) in [6, 6.07) is 18.2. The van der Waals surface area contributed by atoms with E-state index < -0.39 is 53.5 Å². The van der Waals surface area contributed by atoms with Crippen molar-refractivity contribution in [2.24, 2.45) is 10.2 Å². The topological polar surface area (TPSA) is 283 Å². The van der Waals surface area contributed by atoms with Gasteiger partial charge in [-0.1, -0.05) is 18.2 Å². The number of rotatable bonds is 25. The molecule has 3 rings (SSSR count). The van der Waals surface area contributed by atoms with Crippen LogP contribution in [-0.2, 0) is 35.1 Å². The molecular weight excluding hydrogens is 789 g/mol. The predicted octanol–water partition coefficient (Wildman–Crippen LogP) is 3.25. The first-order valence-corrected chi connectivity index (χ1v) is 21.4. The molecule has 5 N–H and O–H groups in total. The summed E-state index contributed by atoms with van der Waals surface area (Å²) in [5.74, 6) is -3.34. The Labute approximate surface area is 318 Å². The van der Waals surface area contributed by atoms with Crippen molar-refractivity contribution < 1.29 is 67.4 Å². The molecule has 0 bridgehead atoms. The van der Waals surface area contributed by atoms with Gasteiger partial charge in [0, 0.05) is 24.2 Å². The molecule has 0 unspecified atom stereocenters. The summed E-state index contributed by atoms with van der Waals surface area (Å²) in [5, 5.41) is 13.6. The van der Waals surface area contributed by atoms with Crippen molar-refractivity contribution in [2.75, 3.05) is 63.4 Å². The Hall–Kier alpha value is -4.71. The number of nitrogens with zero attached hydrogens (tertiary/aromatic N) is 2. The van der Waals surface area contributed by atoms with E-state index in [4.69, 9.17) is 32.6 Å². The van der Waals surface area contributed by atoms with E-state index in [9.17, 15) is 34.8 Å². The minimum absolute atomic E-state index is 0.0226. The van der Waals surface area contributed by atoms with Crippen LogP contribution in [0.5, 0.6) is 17.2 Å². The van der Waals surface area contributed by atoms with E-state index in [1.165, 1.54) is 12.1 Å². The second-order valence-electron chi connectivity index (χ2n) is 11.5. The van der Waals surface area contributed by atoms with Crippen LogP contribution in [0.4, 0.5) is 11.4 Å². The molecule has 0 aromatic heterocycles. The lowest BCUT2D eigenvalue weighted by atomic mass is 10.1. The van der Waals surface area contributed by atoms with Gasteiger partial charge < -0.3 is 29.6 Å². The van der Waals surface area contributed by atoms with Gasteiger partial charge >= 0.3 is 0 Å². The Morgan fingerprint density at radius 3 is 1.42 bits per heavy atom. The number of hydrogen-bond acceptors (Lipinski definition) is 14. The van der Waals surface area contributed by atoms with E-state index in [0.29, 0.717) is 16.9 Å². The zero-order chi connectivity index (χ0) is 40.3. The Bertz CT molecular complexity index is 2000. The molecule has 0 fully saturated rings. The van der Waals surface area contributed by atoms with Crippen LogP contribution in [0.1, 0.15) is 40.0 Å². The summed E-state index contributed by atoms with van der Waals surface area (Å²) in [4.78, 5) is 25.6. The van der Waals surface area contributed by atoms with Crippen molar-refractivity contribution in [1.29, 1.82) is 0 Å². The highest BCUT2D eigenvalue weighted by molar-refractivity contribution is 7.86. The first-order valence-electron chi connectivity index (χ1n) is 16.6. The van der Waals surface area contributed by atoms with Gasteiger partial charge in [-0.3, -0.25) is 23.2 Å². The fourth-order valence-corrected chi connectivity index (χ4v) is 5.84. The third-order valence-electron chi connectivity index (χ3n) is 6.91. The number of azo groups is 1. The highest BCUT2D eigenvalue weighted by Crippen LogP contribution is 2.39. The molecule has 0 saturated heterocycles. The van der Waals surface area contributed by atoms with Gasteiger partial charge in [-0.25, -0.2) is 0 Å². The van der Waals surface area contributed by atoms with Crippen LogP contribution in [0.3, 0.4) is 0 Å². The molecule has 0 aliphatic rings. The van der Waals surface area contributed by atoms with Gasteiger partial charge in [0.25, 0.3) is 42.2 Å². The standard InChI is InChI=1S/C33H42N4O15S3/c38-32(25-9-11-28(12-10-25)37-36-27-7-2-1-3-8-27)34-13-18-49-19-14-35-33(39)26-23-29(50-15-4-20-53(40,41)42)31(52-17-6-22-55(46,47)48)30(24-26)51-16-5-21-54(43,44)45/h1-3,7-12,23-24H,4-6,13-22H2,(H,34,38)(H,35,39)(H,40,41,42)(H,43,44,45)(H,46,47,48). The first kappa shape index (κ1) is 44.7. The summed E-state index contributed by atoms with van der Waals surface area (Å²) in [6.07, 6.45) is -0.520. The Kier molecular flexibility index (Phi) is 17.9. The van der Waals surface area contributed by atoms with Gasteiger partial charge in [0.15, 0.2) is 11.5 Å². The van der Waals surface area contributed by atoms with E-state index in [1.54, 1.807) is 24.3 Å². The van der Waals surface area contributed by atoms with E-state index in [-0.39, 0.29) is 94.1 Å². The molecule has 22 heteroatoms. The number of carbonyl (C=O) groups excluding carboxylic acids is 2. The minimum Gasteiger partial charge on any atom is -0.489 e. The first-order chi connectivity index (χ1) is 26.0. The smallest absolute Gasteiger partial charge is 0.264 e. The Balaban J connectivity index is 1.57. The summed E-state index contributed by atoms with van der Waals surface area (Å²) < 4.78 is 116. The minimum atomic E-state index is -4.31. The maximum absolute atomic E-state index is 13.1. The molecule has 3 aromatic carbocycles. The quantitative estimate of drug-likeness (QED) is 0.0466. The number of hydrogen-bond donors (Lipinski definition) is 5. The molecule has 3 aromatic rings. The second kappa shape index (κ2) is 22.0. The molecule has 0 spiro atoms. The lowest BCUT2D eigenvalue weighted by molar-refractivity contribution is 0.0892. The monoisotopic (exact) mass is 830 g/mol. The highest BCUT2D eigenvalue weighted by Gasteiger charge is 2.20. The summed E-state index contributed by atoms with van der Waals surface area (Å²) in [7, 11) is -12.9. The number of carbonyl (C=O) groups is 2. The molecule has 0 aliphatic carbocycles. The number of nitrogens with one attached hydrogen (secondary N) is 2. The van der Waals surface area contributed by atoms with E-state index in [1.807, 2.05) is 30.3 Å². The van der Waals surface area contributed by atoms with E-state index >= 15 is 0 Å². The molecule has 55 heavy (non-hydrogen) atoms. The van der Waals surface area contributed by atoms with Gasteiger partial charge in [-0.05, 0) is 67.8 Å². The van der Waals surface area contributed by atoms with E-state index in [0.717, 1.165) is 0 Å². The third-order valence-corrected chi connectivity index (χ3v) is 9.33. The van der Waals surface area contributed by atoms with Crippen molar-refractivity contribution in [1.82, 2.24) is 10.6 Å². The number of amides is 2. The van der Waals surface area contributed by atoms with Crippen molar-refractivity contribution in [3.63, 3.8) is 0 Å². The van der Waals surface area contributed by atoms with Crippen LogP contribution in [-0.4, -0.2) is 114 Å². The SMILES string of the molecule is O=C(NCCOCCNC(=O)c1cc(OCCCS(=O)(=O)O)c(OCCCS(=O)(=O)O)c(OCCCS(=O)(=O)O)c1)c1ccc(N=Nc2ccccc2)cc1. The van der Waals surface area contributed by atoms with Gasteiger partial charge in [0.2, 0.25) is 5.75 Å². The van der Waals surface area contributed by atoms with Crippen LogP contribution in [0.15, 0.2) is 77.0 Å². The molecule has 0 radical (unpaired) electrons. The van der Waals surface area contributed by atoms with Crippen molar-refractivity contribution >= 4 is 53.5 Å². The van der Waals surface area contributed by atoms with Gasteiger partial charge in [0.1, 0.15) is 0 Å². The average molecular weight is 831 g/mol. The summed E-state index contributed by atoms with van der Waals surface area (Å²) in [6.45, 7) is -0.497. The molecule has 0 saturated carbocycles. The van der Waals surface area contributed by atoms with Crippen LogP contribution >= 0.6 is 0 Å². The molecule has 19 nitrogen and oxygen atoms in total. The van der Waals surface area contributed by atoms with Gasteiger partial charge in [-0.2, -0.15) is 35.5 Å². The van der Waals surface area contributed by atoms with E-state index in [2.05, 4.69) is 20.9 Å². The zero-order valence-electron chi connectivity index (χ0n) is 29.4. The molecule has 0 heterocycles. The van der Waals surface area contributed by atoms with Crippen LogP contribution < -0.4 is 24.8 Å². The van der Waals surface area contributed by atoms with Crippen molar-refractivity contribution in [2.45, 2.75) is 19.3 Å². The predicted molar refractivity (Wildman–Crippen MR) is 199 cm³/mol. The molecule has 0 aliphatic heterocycles. The Morgan fingerprint density at radius 1 is 0.545 bits per heavy atom. The van der Waals surface area contributed by atoms with Crippen LogP contribution in [0.2, 0.25) is 0 Å². The maximum Gasteiger partial charge on any atom is 0.264 e. The number of ether oxygens (including phenoxy) is 4. The fourth-order valence-electron chi connectivity index (χ4n) is 4.40. The molecular formula is C33H42N4O15S3. The third kappa shape index (κ3) is 18.9. The zero-order valence-corrected chi connectivity index (χ0v) is 31.9. The molecule has 2 amide bonds. The van der Waals surface area contributed by atoms with Crippen LogP contribution in [0, 0.1) is 0 Å². The van der Waals surface area contributed by atoms with Crippen LogP contribution in [0.25, 0.3) is 0 Å². The van der Waals surface area contributed by atoms with Gasteiger partial charge in [-0.15, -0.1) is 0 Å². The van der Waals surface area contributed by atoms with Gasteiger partial charge in [0.05, 0.1) is 61.7 Å². The summed E-state index contributed by atoms with van der Waals surface area (Å²) in [5.41, 5.74) is 1.63. The lowest BCUT2D eigenvalue weighted by Crippen LogP contribution is -2.30. The normalized spacial score (nSPS) is 12.0. The largest absolute Gasteiger partial charge is 0.489 e. The molecule has 302 valence electrons. The Morgan fingerprint density at radius 2 is 0.964 bits per heavy atom. The average Bonchev–Trinajstić information content (AvgIpc) is 3.12. The lowest BCUT2D eigenvalue weighted by Gasteiger charge is -2.19. The van der Waals surface area contributed by atoms with Crippen molar-refractivity contribution in [3.05, 3.63) is 77.9 Å².